The van der Waals surface area contributed by atoms with Crippen molar-refractivity contribution in [2.75, 3.05) is 19.7 Å². The topological polar surface area (TPSA) is 72.6 Å². The summed E-state index contributed by atoms with van der Waals surface area (Å²) in [5.74, 6) is 0.388. The number of piperidine rings is 1. The van der Waals surface area contributed by atoms with Gasteiger partial charge in [-0.2, -0.15) is 0 Å². The van der Waals surface area contributed by atoms with Crippen LogP contribution in [-0.4, -0.2) is 42.5 Å². The highest BCUT2D eigenvalue weighted by atomic mass is 16.5. The number of carbonyl (C=O) groups excluding carboxylic acids is 2. The van der Waals surface area contributed by atoms with Crippen LogP contribution in [0.4, 0.5) is 0 Å². The molecule has 2 amide bonds. The summed E-state index contributed by atoms with van der Waals surface area (Å²) in [7, 11) is 0. The summed E-state index contributed by atoms with van der Waals surface area (Å²) in [4.78, 5) is 26.0. The number of benzene rings is 1. The molecule has 2 aliphatic heterocycles. The summed E-state index contributed by atoms with van der Waals surface area (Å²) in [5.41, 5.74) is 7.98. The standard InChI is InChI=1S/C21H30N2O3/c1-15-4-2-3-5-17(15)6-7-20(24)23-11-8-16(9-12-23)14-19-18(21(22)25)10-13-26-19/h2-5,16,18-19H,6-14H2,1H3,(H2,22,25)/t18-,19-/m1/s1. The summed E-state index contributed by atoms with van der Waals surface area (Å²) in [6, 6.07) is 8.26. The molecule has 0 radical (unpaired) electrons. The fourth-order valence-corrected chi connectivity index (χ4v) is 4.24. The fraction of sp³-hybridized carbons (Fsp3) is 0.619. The van der Waals surface area contributed by atoms with E-state index < -0.39 is 0 Å². The minimum absolute atomic E-state index is 0.0270. The van der Waals surface area contributed by atoms with E-state index in [1.54, 1.807) is 0 Å². The van der Waals surface area contributed by atoms with E-state index in [2.05, 4.69) is 19.1 Å². The lowest BCUT2D eigenvalue weighted by Gasteiger charge is -2.33. The largest absolute Gasteiger partial charge is 0.377 e. The van der Waals surface area contributed by atoms with Crippen molar-refractivity contribution in [3.63, 3.8) is 0 Å². The quantitative estimate of drug-likeness (QED) is 0.849. The molecule has 0 unspecified atom stereocenters. The van der Waals surface area contributed by atoms with Gasteiger partial charge in [0.15, 0.2) is 0 Å². The number of hydrogen-bond donors (Lipinski definition) is 1. The zero-order valence-electron chi connectivity index (χ0n) is 15.7. The minimum atomic E-state index is -0.240. The number of rotatable bonds is 6. The Hall–Kier alpha value is -1.88. The summed E-state index contributed by atoms with van der Waals surface area (Å²) >= 11 is 0. The molecule has 2 saturated heterocycles. The number of ether oxygens (including phenoxy) is 1. The summed E-state index contributed by atoms with van der Waals surface area (Å²) < 4.78 is 5.72. The predicted octanol–water partition coefficient (Wildman–Crippen LogP) is 2.45. The van der Waals surface area contributed by atoms with Gasteiger partial charge in [0.25, 0.3) is 0 Å². The molecule has 1 aromatic rings. The zero-order chi connectivity index (χ0) is 18.5. The second-order valence-corrected chi connectivity index (χ2v) is 7.69. The van der Waals surface area contributed by atoms with Crippen LogP contribution in [0.1, 0.15) is 43.2 Å². The van der Waals surface area contributed by atoms with Gasteiger partial charge >= 0.3 is 0 Å². The molecule has 0 spiro atoms. The van der Waals surface area contributed by atoms with Crippen molar-refractivity contribution in [2.24, 2.45) is 17.6 Å². The summed E-state index contributed by atoms with van der Waals surface area (Å²) in [6.45, 7) is 4.35. The van der Waals surface area contributed by atoms with Crippen molar-refractivity contribution in [3.05, 3.63) is 35.4 Å². The molecule has 0 bridgehead atoms. The number of aryl methyl sites for hydroxylation is 2. The average Bonchev–Trinajstić information content (AvgIpc) is 3.10. The zero-order valence-corrected chi connectivity index (χ0v) is 15.7. The molecule has 1 aromatic carbocycles. The van der Waals surface area contributed by atoms with E-state index in [9.17, 15) is 9.59 Å². The number of carbonyl (C=O) groups is 2. The van der Waals surface area contributed by atoms with Crippen LogP contribution in [0, 0.1) is 18.8 Å². The molecule has 2 aliphatic rings. The first-order valence-corrected chi connectivity index (χ1v) is 9.78. The summed E-state index contributed by atoms with van der Waals surface area (Å²) in [5, 5.41) is 0. The normalized spacial score (nSPS) is 24.0. The van der Waals surface area contributed by atoms with E-state index in [-0.39, 0.29) is 23.8 Å². The van der Waals surface area contributed by atoms with Crippen molar-refractivity contribution >= 4 is 11.8 Å². The number of nitrogens with zero attached hydrogens (tertiary/aromatic N) is 1. The molecule has 2 N–H and O–H groups in total. The predicted molar refractivity (Wildman–Crippen MR) is 100 cm³/mol. The number of hydrogen-bond acceptors (Lipinski definition) is 3. The van der Waals surface area contributed by atoms with Crippen molar-refractivity contribution < 1.29 is 14.3 Å². The first kappa shape index (κ1) is 18.9. The molecule has 26 heavy (non-hydrogen) atoms. The van der Waals surface area contributed by atoms with Gasteiger partial charge < -0.3 is 15.4 Å². The van der Waals surface area contributed by atoms with Gasteiger partial charge in [-0.15, -0.1) is 0 Å². The van der Waals surface area contributed by atoms with Gasteiger partial charge in [-0.25, -0.2) is 0 Å². The van der Waals surface area contributed by atoms with Crippen LogP contribution < -0.4 is 5.73 Å². The van der Waals surface area contributed by atoms with Gasteiger partial charge in [0.2, 0.25) is 11.8 Å². The van der Waals surface area contributed by atoms with Gasteiger partial charge in [-0.1, -0.05) is 24.3 Å². The molecule has 0 aliphatic carbocycles. The Balaban J connectivity index is 1.42. The Labute approximate surface area is 155 Å². The molecule has 0 aromatic heterocycles. The molecule has 2 fully saturated rings. The Morgan fingerprint density at radius 1 is 1.19 bits per heavy atom. The molecule has 5 heteroatoms. The Morgan fingerprint density at radius 3 is 2.62 bits per heavy atom. The van der Waals surface area contributed by atoms with Gasteiger partial charge in [0.1, 0.15) is 0 Å². The maximum Gasteiger partial charge on any atom is 0.223 e. The molecular formula is C21H30N2O3. The smallest absolute Gasteiger partial charge is 0.223 e. The maximum atomic E-state index is 12.5. The number of likely N-dealkylation sites (tertiary alicyclic amines) is 1. The van der Waals surface area contributed by atoms with E-state index in [1.807, 2.05) is 17.0 Å². The van der Waals surface area contributed by atoms with Crippen molar-refractivity contribution in [3.8, 4) is 0 Å². The van der Waals surface area contributed by atoms with Gasteiger partial charge in [0, 0.05) is 26.1 Å². The third kappa shape index (κ3) is 4.64. The van der Waals surface area contributed by atoms with E-state index in [0.717, 1.165) is 45.2 Å². The molecule has 2 atom stereocenters. The number of amides is 2. The molecule has 3 rings (SSSR count). The lowest BCUT2D eigenvalue weighted by atomic mass is 9.86. The maximum absolute atomic E-state index is 12.5. The van der Waals surface area contributed by atoms with Crippen LogP contribution in [0.15, 0.2) is 24.3 Å². The highest BCUT2D eigenvalue weighted by Gasteiger charge is 2.35. The molecule has 142 valence electrons. The van der Waals surface area contributed by atoms with Crippen LogP contribution in [0.3, 0.4) is 0 Å². The highest BCUT2D eigenvalue weighted by molar-refractivity contribution is 5.77. The van der Waals surface area contributed by atoms with E-state index in [1.165, 1.54) is 11.1 Å². The lowest BCUT2D eigenvalue weighted by Crippen LogP contribution is -2.40. The van der Waals surface area contributed by atoms with E-state index in [4.69, 9.17) is 10.5 Å². The lowest BCUT2D eigenvalue weighted by molar-refractivity contribution is -0.132. The van der Waals surface area contributed by atoms with Crippen LogP contribution in [0.5, 0.6) is 0 Å². The van der Waals surface area contributed by atoms with E-state index in [0.29, 0.717) is 18.9 Å². The van der Waals surface area contributed by atoms with Gasteiger partial charge in [-0.05, 0) is 56.1 Å². The Morgan fingerprint density at radius 2 is 1.92 bits per heavy atom. The van der Waals surface area contributed by atoms with Gasteiger partial charge in [-0.3, -0.25) is 9.59 Å². The van der Waals surface area contributed by atoms with Crippen molar-refractivity contribution in [1.82, 2.24) is 4.90 Å². The fourth-order valence-electron chi connectivity index (χ4n) is 4.24. The van der Waals surface area contributed by atoms with Gasteiger partial charge in [0.05, 0.1) is 12.0 Å². The number of primary amides is 1. The summed E-state index contributed by atoms with van der Waals surface area (Å²) in [6.07, 6.45) is 4.96. The average molecular weight is 358 g/mol. The SMILES string of the molecule is Cc1ccccc1CCC(=O)N1CCC(C[C@H]2OCC[C@H]2C(N)=O)CC1. The third-order valence-corrected chi connectivity index (χ3v) is 5.98. The second kappa shape index (κ2) is 8.67. The van der Waals surface area contributed by atoms with Crippen molar-refractivity contribution in [2.45, 2.75) is 51.6 Å². The molecule has 2 heterocycles. The minimum Gasteiger partial charge on any atom is -0.377 e. The Kier molecular flexibility index (Phi) is 6.30. The first-order chi connectivity index (χ1) is 12.5. The molecule has 5 nitrogen and oxygen atoms in total. The monoisotopic (exact) mass is 358 g/mol. The molecule has 0 saturated carbocycles. The van der Waals surface area contributed by atoms with Crippen LogP contribution in [0.25, 0.3) is 0 Å². The number of nitrogens with two attached hydrogens (primary N) is 1. The van der Waals surface area contributed by atoms with E-state index >= 15 is 0 Å². The van der Waals surface area contributed by atoms with Crippen molar-refractivity contribution in [1.29, 1.82) is 0 Å². The van der Waals surface area contributed by atoms with Crippen LogP contribution >= 0.6 is 0 Å². The Bertz CT molecular complexity index is 638. The third-order valence-electron chi connectivity index (χ3n) is 5.98. The van der Waals surface area contributed by atoms with Crippen LogP contribution in [0.2, 0.25) is 0 Å². The highest BCUT2D eigenvalue weighted by Crippen LogP contribution is 2.30. The molecular weight excluding hydrogens is 328 g/mol. The second-order valence-electron chi connectivity index (χ2n) is 7.69. The van der Waals surface area contributed by atoms with Crippen LogP contribution in [-0.2, 0) is 20.7 Å². The first-order valence-electron chi connectivity index (χ1n) is 9.78.